The number of rotatable bonds is 2. The van der Waals surface area contributed by atoms with Crippen molar-refractivity contribution >= 4 is 26.3 Å². The lowest BCUT2D eigenvalue weighted by Gasteiger charge is -2.30. The third kappa shape index (κ3) is 2.58. The Hall–Kier alpha value is -1.40. The fourth-order valence-electron chi connectivity index (χ4n) is 2.28. The van der Waals surface area contributed by atoms with Gasteiger partial charge >= 0.3 is 0 Å². The van der Waals surface area contributed by atoms with Crippen molar-refractivity contribution < 1.29 is 8.42 Å². The van der Waals surface area contributed by atoms with E-state index in [0.29, 0.717) is 13.1 Å². The second-order valence-electron chi connectivity index (χ2n) is 5.00. The summed E-state index contributed by atoms with van der Waals surface area (Å²) in [5.41, 5.74) is 2.04. The maximum Gasteiger partial charge on any atom is 0.185 e. The van der Waals surface area contributed by atoms with E-state index in [1.807, 2.05) is 35.7 Å². The average Bonchev–Trinajstić information content (AvgIpc) is 2.93. The zero-order valence-corrected chi connectivity index (χ0v) is 12.8. The molecule has 0 spiro atoms. The monoisotopic (exact) mass is 308 g/mol. The van der Waals surface area contributed by atoms with Crippen molar-refractivity contribution in [1.82, 2.24) is 4.98 Å². The summed E-state index contributed by atoms with van der Waals surface area (Å²) in [6.07, 6.45) is 0. The van der Waals surface area contributed by atoms with Crippen LogP contribution in [0.3, 0.4) is 0 Å². The zero-order chi connectivity index (χ0) is 14.2. The molecule has 0 bridgehead atoms. The number of hydrogen-bond donors (Lipinski definition) is 0. The van der Waals surface area contributed by atoms with E-state index in [1.165, 1.54) is 0 Å². The lowest BCUT2D eigenvalue weighted by atomic mass is 10.2. The largest absolute Gasteiger partial charge is 0.346 e. The van der Waals surface area contributed by atoms with Crippen LogP contribution in [0.4, 0.5) is 5.13 Å². The van der Waals surface area contributed by atoms with Gasteiger partial charge in [-0.3, -0.25) is 0 Å². The highest BCUT2D eigenvalue weighted by molar-refractivity contribution is 7.92. The van der Waals surface area contributed by atoms with Crippen LogP contribution in [0.5, 0.6) is 0 Å². The third-order valence-electron chi connectivity index (χ3n) is 3.57. The topological polar surface area (TPSA) is 50.3 Å². The molecule has 0 amide bonds. The molecule has 20 heavy (non-hydrogen) atoms. The van der Waals surface area contributed by atoms with Gasteiger partial charge in [-0.2, -0.15) is 0 Å². The summed E-state index contributed by atoms with van der Waals surface area (Å²) in [6.45, 7) is 2.84. The fourth-order valence-corrected chi connectivity index (χ4v) is 4.43. The summed E-state index contributed by atoms with van der Waals surface area (Å²) in [5.74, 6) is 0.217. The van der Waals surface area contributed by atoms with Crippen LogP contribution in [0.1, 0.15) is 6.92 Å². The van der Waals surface area contributed by atoms with Crippen molar-refractivity contribution in [1.29, 1.82) is 0 Å². The van der Waals surface area contributed by atoms with Crippen LogP contribution < -0.4 is 4.90 Å². The summed E-state index contributed by atoms with van der Waals surface area (Å²) in [4.78, 5) is 6.71. The van der Waals surface area contributed by atoms with E-state index in [2.05, 4.69) is 9.88 Å². The summed E-state index contributed by atoms with van der Waals surface area (Å²) in [6, 6.07) is 10.0. The Morgan fingerprint density at radius 3 is 2.75 bits per heavy atom. The van der Waals surface area contributed by atoms with E-state index in [0.717, 1.165) is 16.4 Å². The van der Waals surface area contributed by atoms with Crippen LogP contribution >= 0.6 is 11.3 Å². The van der Waals surface area contributed by atoms with E-state index in [1.54, 1.807) is 18.3 Å². The minimum absolute atomic E-state index is 0.217. The summed E-state index contributed by atoms with van der Waals surface area (Å²) >= 11 is 1.57. The van der Waals surface area contributed by atoms with E-state index in [4.69, 9.17) is 0 Å². The first kappa shape index (κ1) is 13.6. The molecule has 0 N–H and O–H groups in total. The average molecular weight is 308 g/mol. The number of sulfone groups is 1. The van der Waals surface area contributed by atoms with Crippen molar-refractivity contribution in [2.75, 3.05) is 23.7 Å². The normalized spacial score (nSPS) is 21.9. The lowest BCUT2D eigenvalue weighted by Crippen LogP contribution is -2.45. The van der Waals surface area contributed by atoms with Crippen LogP contribution in [0.15, 0.2) is 35.7 Å². The molecular formula is C14H16N2O2S2. The summed E-state index contributed by atoms with van der Waals surface area (Å²) in [7, 11) is -2.91. The highest BCUT2D eigenvalue weighted by Gasteiger charge is 2.30. The Kier molecular flexibility index (Phi) is 3.52. The van der Waals surface area contributed by atoms with Gasteiger partial charge in [-0.05, 0) is 6.92 Å². The lowest BCUT2D eigenvalue weighted by molar-refractivity contribution is 0.569. The SMILES string of the molecule is C[C@H]1CN(c2nc(-c3ccccc3)cs2)CCS1(=O)=O. The Morgan fingerprint density at radius 1 is 1.30 bits per heavy atom. The molecule has 0 radical (unpaired) electrons. The molecule has 4 nitrogen and oxygen atoms in total. The van der Waals surface area contributed by atoms with Crippen LogP contribution in [-0.2, 0) is 9.84 Å². The fraction of sp³-hybridized carbons (Fsp3) is 0.357. The second kappa shape index (κ2) is 5.18. The quantitative estimate of drug-likeness (QED) is 0.855. The van der Waals surface area contributed by atoms with Crippen LogP contribution in [0.25, 0.3) is 11.3 Å². The smallest absolute Gasteiger partial charge is 0.185 e. The molecule has 1 fully saturated rings. The Morgan fingerprint density at radius 2 is 2.05 bits per heavy atom. The first-order chi connectivity index (χ1) is 9.56. The van der Waals surface area contributed by atoms with Crippen molar-refractivity contribution in [2.45, 2.75) is 12.2 Å². The standard InChI is InChI=1S/C14H16N2O2S2/c1-11-9-16(7-8-20(11,17)18)14-15-13(10-19-14)12-5-3-2-4-6-12/h2-6,10-11H,7-9H2,1H3/t11-/m0/s1. The minimum Gasteiger partial charge on any atom is -0.346 e. The highest BCUT2D eigenvalue weighted by atomic mass is 32.2. The van der Waals surface area contributed by atoms with Crippen molar-refractivity contribution in [3.8, 4) is 11.3 Å². The summed E-state index contributed by atoms with van der Waals surface area (Å²) < 4.78 is 23.5. The molecule has 6 heteroatoms. The maximum atomic E-state index is 11.7. The van der Waals surface area contributed by atoms with Crippen LogP contribution in [0.2, 0.25) is 0 Å². The van der Waals surface area contributed by atoms with Gasteiger partial charge < -0.3 is 4.90 Å². The van der Waals surface area contributed by atoms with E-state index >= 15 is 0 Å². The third-order valence-corrected chi connectivity index (χ3v) is 6.60. The number of anilines is 1. The molecule has 0 saturated carbocycles. The van der Waals surface area contributed by atoms with Gasteiger partial charge in [-0.1, -0.05) is 30.3 Å². The molecule has 2 aromatic rings. The Balaban J connectivity index is 1.82. The van der Waals surface area contributed by atoms with Gasteiger partial charge in [0.1, 0.15) is 0 Å². The molecule has 106 valence electrons. The predicted molar refractivity (Wildman–Crippen MR) is 83.0 cm³/mol. The molecule has 1 atom stereocenters. The van der Waals surface area contributed by atoms with Crippen LogP contribution in [0, 0.1) is 0 Å². The molecule has 1 saturated heterocycles. The number of benzene rings is 1. The first-order valence-corrected chi connectivity index (χ1v) is 9.13. The molecular weight excluding hydrogens is 292 g/mol. The van der Waals surface area contributed by atoms with Gasteiger partial charge in [0.2, 0.25) is 0 Å². The number of aromatic nitrogens is 1. The van der Waals surface area contributed by atoms with Crippen LogP contribution in [-0.4, -0.2) is 37.5 Å². The van der Waals surface area contributed by atoms with Crippen molar-refractivity contribution in [3.05, 3.63) is 35.7 Å². The Bertz CT molecular complexity index is 695. The number of nitrogens with zero attached hydrogens (tertiary/aromatic N) is 2. The molecule has 3 rings (SSSR count). The molecule has 2 heterocycles. The molecule has 1 aliphatic heterocycles. The molecule has 0 aliphatic carbocycles. The summed E-state index contributed by atoms with van der Waals surface area (Å²) in [5, 5.41) is 2.62. The Labute approximate surface area is 123 Å². The number of thiazole rings is 1. The highest BCUT2D eigenvalue weighted by Crippen LogP contribution is 2.29. The van der Waals surface area contributed by atoms with Crippen molar-refractivity contribution in [3.63, 3.8) is 0 Å². The second-order valence-corrected chi connectivity index (χ2v) is 8.38. The maximum absolute atomic E-state index is 11.7. The first-order valence-electron chi connectivity index (χ1n) is 6.54. The van der Waals surface area contributed by atoms with Gasteiger partial charge in [0.05, 0.1) is 16.7 Å². The molecule has 0 unspecified atom stereocenters. The molecule has 1 aliphatic rings. The van der Waals surface area contributed by atoms with Gasteiger partial charge in [0.25, 0.3) is 0 Å². The number of hydrogen-bond acceptors (Lipinski definition) is 5. The minimum atomic E-state index is -2.91. The van der Waals surface area contributed by atoms with Gasteiger partial charge in [0.15, 0.2) is 15.0 Å². The van der Waals surface area contributed by atoms with E-state index < -0.39 is 9.84 Å². The van der Waals surface area contributed by atoms with Crippen molar-refractivity contribution in [2.24, 2.45) is 0 Å². The zero-order valence-electron chi connectivity index (χ0n) is 11.2. The van der Waals surface area contributed by atoms with E-state index in [-0.39, 0.29) is 11.0 Å². The van der Waals surface area contributed by atoms with E-state index in [9.17, 15) is 8.42 Å². The predicted octanol–water partition coefficient (Wildman–Crippen LogP) is 2.43. The van der Waals surface area contributed by atoms with Gasteiger partial charge in [0, 0.05) is 24.0 Å². The van der Waals surface area contributed by atoms with Gasteiger partial charge in [-0.15, -0.1) is 11.3 Å². The van der Waals surface area contributed by atoms with Gasteiger partial charge in [-0.25, -0.2) is 13.4 Å². The molecule has 1 aromatic carbocycles. The molecule has 1 aromatic heterocycles.